The lowest BCUT2D eigenvalue weighted by Crippen LogP contribution is -2.44. The minimum Gasteiger partial charge on any atom is -0.480 e. The van der Waals surface area contributed by atoms with E-state index in [1.165, 1.54) is 12.1 Å². The van der Waals surface area contributed by atoms with Crippen molar-refractivity contribution in [2.24, 2.45) is 0 Å². The fourth-order valence-electron chi connectivity index (χ4n) is 4.76. The van der Waals surface area contributed by atoms with Crippen LogP contribution in [0.1, 0.15) is 35.6 Å². The summed E-state index contributed by atoms with van der Waals surface area (Å²) < 4.78 is 76.5. The molecule has 1 saturated carbocycles. The SMILES string of the molecule is O=C(CCc1ccccc1[C@@H]1C[C@]1(NS(=O)(=O)c1ccc(-c2cc(C(F)(F)F)on2)s1)C(=O)O)N1CCOCC1. The van der Waals surface area contributed by atoms with Crippen LogP contribution in [0, 0.1) is 0 Å². The van der Waals surface area contributed by atoms with Crippen LogP contribution in [0.4, 0.5) is 13.2 Å². The van der Waals surface area contributed by atoms with Gasteiger partial charge in [-0.2, -0.15) is 17.9 Å². The molecule has 1 amide bonds. The number of hydrogen-bond donors (Lipinski definition) is 2. The maximum absolute atomic E-state index is 13.2. The summed E-state index contributed by atoms with van der Waals surface area (Å²) in [5, 5.41) is 13.4. The number of alkyl halides is 3. The molecule has 1 saturated heterocycles. The number of amides is 1. The lowest BCUT2D eigenvalue weighted by molar-refractivity contribution is -0.155. The molecule has 0 radical (unpaired) electrons. The van der Waals surface area contributed by atoms with Crippen molar-refractivity contribution in [3.63, 3.8) is 0 Å². The molecule has 15 heteroatoms. The minimum absolute atomic E-state index is 0.00749. The Morgan fingerprint density at radius 1 is 1.18 bits per heavy atom. The van der Waals surface area contributed by atoms with Crippen molar-refractivity contribution in [3.05, 3.63) is 59.4 Å². The fourth-order valence-corrected chi connectivity index (χ4v) is 7.43. The zero-order valence-corrected chi connectivity index (χ0v) is 22.4. The summed E-state index contributed by atoms with van der Waals surface area (Å²) in [6.45, 7) is 1.98. The number of aromatic nitrogens is 1. The minimum atomic E-state index is -4.75. The topological polar surface area (TPSA) is 139 Å². The number of ether oxygens (including phenoxy) is 1. The van der Waals surface area contributed by atoms with Crippen LogP contribution >= 0.6 is 11.3 Å². The maximum Gasteiger partial charge on any atom is 0.452 e. The lowest BCUT2D eigenvalue weighted by atomic mass is 9.97. The number of morpholine rings is 1. The number of aryl methyl sites for hydroxylation is 1. The number of aliphatic carboxylic acids is 1. The third-order valence-corrected chi connectivity index (χ3v) is 10.1. The van der Waals surface area contributed by atoms with E-state index in [0.717, 1.165) is 5.56 Å². The van der Waals surface area contributed by atoms with Gasteiger partial charge in [0.15, 0.2) is 0 Å². The van der Waals surface area contributed by atoms with Gasteiger partial charge in [-0.15, -0.1) is 11.3 Å². The molecule has 3 heterocycles. The molecule has 2 N–H and O–H groups in total. The number of thiophene rings is 1. The highest BCUT2D eigenvalue weighted by molar-refractivity contribution is 7.91. The van der Waals surface area contributed by atoms with E-state index in [4.69, 9.17) is 4.74 Å². The van der Waals surface area contributed by atoms with Crippen LogP contribution in [-0.4, -0.2) is 67.3 Å². The van der Waals surface area contributed by atoms with Crippen molar-refractivity contribution in [1.29, 1.82) is 0 Å². The highest BCUT2D eigenvalue weighted by Gasteiger charge is 2.63. The molecule has 2 aliphatic rings. The summed E-state index contributed by atoms with van der Waals surface area (Å²) in [5.41, 5.74) is -0.626. The molecule has 2 aromatic heterocycles. The Labute approximate surface area is 230 Å². The number of nitrogens with zero attached hydrogens (tertiary/aromatic N) is 2. The highest BCUT2D eigenvalue weighted by atomic mass is 32.2. The van der Waals surface area contributed by atoms with E-state index < -0.39 is 39.4 Å². The van der Waals surface area contributed by atoms with Gasteiger partial charge in [-0.3, -0.25) is 9.59 Å². The summed E-state index contributed by atoms with van der Waals surface area (Å²) in [5.74, 6) is -3.40. The summed E-state index contributed by atoms with van der Waals surface area (Å²) >= 11 is 0.638. The average Bonchev–Trinajstić information content (AvgIpc) is 3.27. The monoisotopic (exact) mass is 599 g/mol. The predicted molar refractivity (Wildman–Crippen MR) is 135 cm³/mol. The van der Waals surface area contributed by atoms with Gasteiger partial charge in [0, 0.05) is 31.5 Å². The number of sulfonamides is 1. The molecular weight excluding hydrogens is 575 g/mol. The quantitative estimate of drug-likeness (QED) is 0.381. The molecule has 10 nitrogen and oxygen atoms in total. The largest absolute Gasteiger partial charge is 0.480 e. The van der Waals surface area contributed by atoms with Gasteiger partial charge < -0.3 is 19.3 Å². The smallest absolute Gasteiger partial charge is 0.452 e. The first-order valence-corrected chi connectivity index (χ1v) is 14.6. The second kappa shape index (κ2) is 10.6. The Morgan fingerprint density at radius 3 is 2.58 bits per heavy atom. The van der Waals surface area contributed by atoms with Gasteiger partial charge in [0.25, 0.3) is 10.0 Å². The normalized spacial score (nSPS) is 21.4. The average molecular weight is 600 g/mol. The van der Waals surface area contributed by atoms with Crippen LogP contribution in [0.2, 0.25) is 0 Å². The van der Waals surface area contributed by atoms with Crippen LogP contribution in [0.5, 0.6) is 0 Å². The fraction of sp³-hybridized carbons (Fsp3) is 0.400. The number of carbonyl (C=O) groups excluding carboxylic acids is 1. The number of carboxylic acids is 1. The number of hydrogen-bond acceptors (Lipinski definition) is 8. The molecule has 3 aromatic rings. The molecule has 40 heavy (non-hydrogen) atoms. The lowest BCUT2D eigenvalue weighted by Gasteiger charge is -2.27. The van der Waals surface area contributed by atoms with E-state index in [1.807, 2.05) is 0 Å². The van der Waals surface area contributed by atoms with E-state index in [9.17, 15) is 36.3 Å². The van der Waals surface area contributed by atoms with Crippen molar-refractivity contribution >= 4 is 33.2 Å². The van der Waals surface area contributed by atoms with E-state index >= 15 is 0 Å². The first kappa shape index (κ1) is 28.3. The zero-order chi connectivity index (χ0) is 28.7. The molecule has 0 spiro atoms. The van der Waals surface area contributed by atoms with Crippen LogP contribution in [0.3, 0.4) is 0 Å². The van der Waals surface area contributed by atoms with Crippen molar-refractivity contribution in [3.8, 4) is 10.6 Å². The van der Waals surface area contributed by atoms with E-state index in [1.54, 1.807) is 29.2 Å². The number of carboxylic acid groups (broad SMARTS) is 1. The van der Waals surface area contributed by atoms with Gasteiger partial charge in [0.2, 0.25) is 11.7 Å². The van der Waals surface area contributed by atoms with Gasteiger partial charge in [-0.1, -0.05) is 29.4 Å². The van der Waals surface area contributed by atoms with Gasteiger partial charge in [0.1, 0.15) is 15.4 Å². The predicted octanol–water partition coefficient (Wildman–Crippen LogP) is 3.50. The van der Waals surface area contributed by atoms with Crippen molar-refractivity contribution in [1.82, 2.24) is 14.8 Å². The van der Waals surface area contributed by atoms with Crippen molar-refractivity contribution in [2.75, 3.05) is 26.3 Å². The molecule has 1 aliphatic heterocycles. The molecule has 5 rings (SSSR count). The number of nitrogens with one attached hydrogen (secondary N) is 1. The third kappa shape index (κ3) is 5.64. The van der Waals surface area contributed by atoms with Crippen LogP contribution in [-0.2, 0) is 36.9 Å². The Morgan fingerprint density at radius 2 is 1.90 bits per heavy atom. The highest BCUT2D eigenvalue weighted by Crippen LogP contribution is 2.53. The Bertz CT molecular complexity index is 1530. The first-order chi connectivity index (χ1) is 18.9. The Kier molecular flexibility index (Phi) is 7.50. The molecule has 214 valence electrons. The van der Waals surface area contributed by atoms with Crippen molar-refractivity contribution < 1.29 is 45.5 Å². The van der Waals surface area contributed by atoms with Gasteiger partial charge >= 0.3 is 12.1 Å². The second-order valence-electron chi connectivity index (χ2n) is 9.52. The van der Waals surface area contributed by atoms with Crippen LogP contribution in [0.15, 0.2) is 51.2 Å². The summed E-state index contributed by atoms with van der Waals surface area (Å²) in [6.07, 6.45) is -4.19. The zero-order valence-electron chi connectivity index (χ0n) is 20.8. The van der Waals surface area contributed by atoms with E-state index in [2.05, 4.69) is 14.4 Å². The van der Waals surface area contributed by atoms with E-state index in [0.29, 0.717) is 55.7 Å². The van der Waals surface area contributed by atoms with Gasteiger partial charge in [-0.25, -0.2) is 8.42 Å². The number of carbonyl (C=O) groups is 2. The number of benzene rings is 1. The molecule has 0 bridgehead atoms. The number of halogens is 3. The summed E-state index contributed by atoms with van der Waals surface area (Å²) in [4.78, 5) is 26.8. The van der Waals surface area contributed by atoms with Gasteiger partial charge in [-0.05, 0) is 36.1 Å². The molecule has 1 aliphatic carbocycles. The molecule has 2 atom stereocenters. The van der Waals surface area contributed by atoms with Crippen LogP contribution < -0.4 is 4.72 Å². The second-order valence-corrected chi connectivity index (χ2v) is 12.5. The Balaban J connectivity index is 1.32. The van der Waals surface area contributed by atoms with E-state index in [-0.39, 0.29) is 33.5 Å². The maximum atomic E-state index is 13.2. The summed E-state index contributed by atoms with van der Waals surface area (Å²) in [7, 11) is -4.37. The summed E-state index contributed by atoms with van der Waals surface area (Å²) in [6, 6.07) is 10.1. The molecule has 2 fully saturated rings. The first-order valence-electron chi connectivity index (χ1n) is 12.3. The Hall–Kier alpha value is -3.27. The number of rotatable bonds is 9. The van der Waals surface area contributed by atoms with Crippen LogP contribution in [0.25, 0.3) is 10.6 Å². The molecular formula is C25H24F3N3O7S2. The molecule has 0 unspecified atom stereocenters. The third-order valence-electron chi connectivity index (χ3n) is 6.95. The molecule has 1 aromatic carbocycles. The van der Waals surface area contributed by atoms with Gasteiger partial charge in [0.05, 0.1) is 18.1 Å². The standard InChI is InChI=1S/C25H24F3N3O7S2/c26-25(27,28)20-13-18(29-38-20)19-6-8-22(39-19)40(35,36)30-24(23(33)34)14-17(24)16-4-2-1-3-15(16)5-7-21(32)31-9-11-37-12-10-31/h1-4,6,8,13,17,30H,5,7,9-12,14H2,(H,33,34)/t17-,24+/m0/s1. The van der Waals surface area contributed by atoms with Crippen molar-refractivity contribution in [2.45, 2.75) is 41.1 Å².